The Bertz CT molecular complexity index is 564. The van der Waals surface area contributed by atoms with E-state index < -0.39 is 0 Å². The molecule has 0 aliphatic rings. The van der Waals surface area contributed by atoms with Crippen LogP contribution in [0.3, 0.4) is 0 Å². The van der Waals surface area contributed by atoms with Crippen molar-refractivity contribution in [1.82, 2.24) is 4.98 Å². The van der Waals surface area contributed by atoms with Crippen molar-refractivity contribution < 1.29 is 13.9 Å². The first-order valence-electron chi connectivity index (χ1n) is 6.03. The van der Waals surface area contributed by atoms with Crippen LogP contribution in [0.2, 0.25) is 0 Å². The van der Waals surface area contributed by atoms with Gasteiger partial charge in [-0.25, -0.2) is 0 Å². The molecule has 1 aromatic heterocycles. The van der Waals surface area contributed by atoms with Gasteiger partial charge in [0.05, 0.1) is 19.9 Å². The lowest BCUT2D eigenvalue weighted by Gasteiger charge is -2.09. The second-order valence-electron chi connectivity index (χ2n) is 4.13. The molecule has 19 heavy (non-hydrogen) atoms. The third kappa shape index (κ3) is 2.81. The Kier molecular flexibility index (Phi) is 3.94. The molecule has 0 bridgehead atoms. The van der Waals surface area contributed by atoms with Gasteiger partial charge in [-0.1, -0.05) is 6.07 Å². The number of nitrogens with zero attached hydrogens (tertiary/aromatic N) is 1. The summed E-state index contributed by atoms with van der Waals surface area (Å²) >= 11 is 0. The molecule has 5 heteroatoms. The fraction of sp³-hybridized carbons (Fsp3) is 0.357. The summed E-state index contributed by atoms with van der Waals surface area (Å²) in [7, 11) is 5.06. The highest BCUT2D eigenvalue weighted by Crippen LogP contribution is 2.27. The van der Waals surface area contributed by atoms with Crippen molar-refractivity contribution in [1.29, 1.82) is 0 Å². The van der Waals surface area contributed by atoms with Crippen molar-refractivity contribution in [3.63, 3.8) is 0 Å². The first-order chi connectivity index (χ1) is 9.17. The average Bonchev–Trinajstić information content (AvgIpc) is 2.80. The smallest absolute Gasteiger partial charge is 0.294 e. The number of benzene rings is 1. The third-order valence-electron chi connectivity index (χ3n) is 2.96. The van der Waals surface area contributed by atoms with Crippen LogP contribution in [0.15, 0.2) is 22.6 Å². The van der Waals surface area contributed by atoms with Crippen LogP contribution in [0, 0.1) is 6.92 Å². The van der Waals surface area contributed by atoms with E-state index in [4.69, 9.17) is 13.9 Å². The minimum absolute atomic E-state index is 0.528. The SMILES string of the molecule is CNc1nc(Cc2ccc(OC)cc2OC)c(C)o1. The molecule has 0 spiro atoms. The standard InChI is InChI=1S/C14H18N2O3/c1-9-12(16-14(15-2)19-9)7-10-5-6-11(17-3)8-13(10)18-4/h5-6,8H,7H2,1-4H3,(H,15,16). The van der Waals surface area contributed by atoms with Crippen molar-refractivity contribution >= 4 is 6.01 Å². The second-order valence-corrected chi connectivity index (χ2v) is 4.13. The predicted octanol–water partition coefficient (Wildman–Crippen LogP) is 2.63. The number of oxazole rings is 1. The third-order valence-corrected chi connectivity index (χ3v) is 2.96. The number of nitrogens with one attached hydrogen (secondary N) is 1. The Morgan fingerprint density at radius 3 is 2.63 bits per heavy atom. The first-order valence-corrected chi connectivity index (χ1v) is 6.03. The van der Waals surface area contributed by atoms with Gasteiger partial charge in [-0.3, -0.25) is 0 Å². The van der Waals surface area contributed by atoms with Crippen LogP contribution in [-0.2, 0) is 6.42 Å². The molecule has 1 N–H and O–H groups in total. The summed E-state index contributed by atoms with van der Waals surface area (Å²) in [5.74, 6) is 2.36. The lowest BCUT2D eigenvalue weighted by Crippen LogP contribution is -1.97. The van der Waals surface area contributed by atoms with Gasteiger partial charge in [0.25, 0.3) is 6.01 Å². The molecule has 0 fully saturated rings. The van der Waals surface area contributed by atoms with Gasteiger partial charge in [-0.15, -0.1) is 0 Å². The first kappa shape index (κ1) is 13.3. The normalized spacial score (nSPS) is 10.3. The molecule has 1 heterocycles. The number of rotatable bonds is 5. The summed E-state index contributed by atoms with van der Waals surface area (Å²) in [6.45, 7) is 1.90. The van der Waals surface area contributed by atoms with Crippen LogP contribution < -0.4 is 14.8 Å². The largest absolute Gasteiger partial charge is 0.497 e. The number of hydrogen-bond acceptors (Lipinski definition) is 5. The van der Waals surface area contributed by atoms with Crippen LogP contribution in [0.4, 0.5) is 6.01 Å². The van der Waals surface area contributed by atoms with E-state index in [1.165, 1.54) is 0 Å². The monoisotopic (exact) mass is 262 g/mol. The van der Waals surface area contributed by atoms with E-state index in [9.17, 15) is 0 Å². The van der Waals surface area contributed by atoms with E-state index in [0.717, 1.165) is 28.5 Å². The zero-order valence-electron chi connectivity index (χ0n) is 11.6. The highest BCUT2D eigenvalue weighted by molar-refractivity contribution is 5.43. The predicted molar refractivity (Wildman–Crippen MR) is 73.1 cm³/mol. The van der Waals surface area contributed by atoms with Gasteiger partial charge in [0, 0.05) is 25.1 Å². The molecule has 1 aromatic carbocycles. The second kappa shape index (κ2) is 5.65. The number of aryl methyl sites for hydroxylation is 1. The van der Waals surface area contributed by atoms with E-state index >= 15 is 0 Å². The van der Waals surface area contributed by atoms with E-state index in [1.807, 2.05) is 25.1 Å². The molecule has 2 aromatic rings. The van der Waals surface area contributed by atoms with Crippen molar-refractivity contribution in [2.45, 2.75) is 13.3 Å². The zero-order valence-corrected chi connectivity index (χ0v) is 11.6. The average molecular weight is 262 g/mol. The van der Waals surface area contributed by atoms with Gasteiger partial charge in [-0.2, -0.15) is 4.98 Å². The Morgan fingerprint density at radius 1 is 1.26 bits per heavy atom. The highest BCUT2D eigenvalue weighted by Gasteiger charge is 2.12. The van der Waals surface area contributed by atoms with E-state index in [2.05, 4.69) is 10.3 Å². The molecule has 5 nitrogen and oxygen atoms in total. The summed E-state index contributed by atoms with van der Waals surface area (Å²) < 4.78 is 16.0. The van der Waals surface area contributed by atoms with Crippen molar-refractivity contribution in [2.24, 2.45) is 0 Å². The molecule has 102 valence electrons. The van der Waals surface area contributed by atoms with E-state index in [1.54, 1.807) is 21.3 Å². The maximum atomic E-state index is 5.47. The number of hydrogen-bond donors (Lipinski definition) is 1. The van der Waals surface area contributed by atoms with Gasteiger partial charge >= 0.3 is 0 Å². The van der Waals surface area contributed by atoms with Crippen LogP contribution in [-0.4, -0.2) is 26.3 Å². The lowest BCUT2D eigenvalue weighted by atomic mass is 10.1. The van der Waals surface area contributed by atoms with Gasteiger partial charge < -0.3 is 19.2 Å². The summed E-state index contributed by atoms with van der Waals surface area (Å²) in [5, 5.41) is 2.89. The summed E-state index contributed by atoms with van der Waals surface area (Å²) in [5.41, 5.74) is 1.94. The number of anilines is 1. The van der Waals surface area contributed by atoms with Crippen molar-refractivity contribution in [2.75, 3.05) is 26.6 Å². The van der Waals surface area contributed by atoms with Gasteiger partial charge in [0.15, 0.2) is 0 Å². The molecule has 0 saturated carbocycles. The number of aromatic nitrogens is 1. The van der Waals surface area contributed by atoms with Gasteiger partial charge in [0.2, 0.25) is 0 Å². The Hall–Kier alpha value is -2.17. The lowest BCUT2D eigenvalue weighted by molar-refractivity contribution is 0.391. The molecule has 0 atom stereocenters. The zero-order chi connectivity index (χ0) is 13.8. The minimum Gasteiger partial charge on any atom is -0.497 e. The van der Waals surface area contributed by atoms with E-state index in [-0.39, 0.29) is 0 Å². The van der Waals surface area contributed by atoms with Crippen LogP contribution >= 0.6 is 0 Å². The summed E-state index contributed by atoms with van der Waals surface area (Å²) in [4.78, 5) is 4.38. The quantitative estimate of drug-likeness (QED) is 0.897. The molecule has 0 saturated heterocycles. The number of ether oxygens (including phenoxy) is 2. The van der Waals surface area contributed by atoms with Crippen LogP contribution in [0.5, 0.6) is 11.5 Å². The maximum Gasteiger partial charge on any atom is 0.294 e. The fourth-order valence-electron chi connectivity index (χ4n) is 1.88. The molecule has 2 rings (SSSR count). The maximum absolute atomic E-state index is 5.47. The van der Waals surface area contributed by atoms with E-state index in [0.29, 0.717) is 12.4 Å². The topological polar surface area (TPSA) is 56.5 Å². The molecule has 0 amide bonds. The van der Waals surface area contributed by atoms with Gasteiger partial charge in [0.1, 0.15) is 17.3 Å². The Labute approximate surface area is 112 Å². The van der Waals surface area contributed by atoms with Crippen molar-refractivity contribution in [3.05, 3.63) is 35.2 Å². The molecule has 0 unspecified atom stereocenters. The van der Waals surface area contributed by atoms with Crippen LogP contribution in [0.25, 0.3) is 0 Å². The Balaban J connectivity index is 2.29. The van der Waals surface area contributed by atoms with Gasteiger partial charge in [-0.05, 0) is 13.0 Å². The Morgan fingerprint density at radius 2 is 2.05 bits per heavy atom. The van der Waals surface area contributed by atoms with Crippen molar-refractivity contribution in [3.8, 4) is 11.5 Å². The highest BCUT2D eigenvalue weighted by atomic mass is 16.5. The summed E-state index contributed by atoms with van der Waals surface area (Å²) in [6, 6.07) is 6.28. The molecule has 0 aliphatic heterocycles. The molecular weight excluding hydrogens is 244 g/mol. The molecular formula is C14H18N2O3. The summed E-state index contributed by atoms with van der Waals surface area (Å²) in [6.07, 6.45) is 0.657. The molecule has 0 aliphatic carbocycles. The number of methoxy groups -OCH3 is 2. The molecule has 0 radical (unpaired) electrons. The minimum atomic E-state index is 0.528. The van der Waals surface area contributed by atoms with Crippen LogP contribution in [0.1, 0.15) is 17.0 Å². The fourth-order valence-corrected chi connectivity index (χ4v) is 1.88.